The second-order valence-corrected chi connectivity index (χ2v) is 3.80. The standard InChI is InChI=1S/C13H11ClN/c14-12-6-4-10(5-7-12)8-11-2-1-3-13(15)9-11/h1-9H,15H2. The van der Waals surface area contributed by atoms with Crippen molar-refractivity contribution >= 4 is 17.3 Å². The van der Waals surface area contributed by atoms with E-state index in [4.69, 9.17) is 17.3 Å². The maximum absolute atomic E-state index is 5.81. The summed E-state index contributed by atoms with van der Waals surface area (Å²) < 4.78 is 0. The molecule has 1 radical (unpaired) electrons. The summed E-state index contributed by atoms with van der Waals surface area (Å²) in [4.78, 5) is 0. The van der Waals surface area contributed by atoms with Crippen LogP contribution in [-0.2, 0) is 0 Å². The predicted octanol–water partition coefficient (Wildman–Crippen LogP) is 3.52. The van der Waals surface area contributed by atoms with Gasteiger partial charge in [0, 0.05) is 17.1 Å². The van der Waals surface area contributed by atoms with E-state index in [0.29, 0.717) is 0 Å². The van der Waals surface area contributed by atoms with Crippen LogP contribution in [0, 0.1) is 6.42 Å². The second-order valence-electron chi connectivity index (χ2n) is 3.37. The third-order valence-corrected chi connectivity index (χ3v) is 2.37. The van der Waals surface area contributed by atoms with Crippen molar-refractivity contribution in [3.8, 4) is 0 Å². The van der Waals surface area contributed by atoms with E-state index in [0.717, 1.165) is 21.8 Å². The van der Waals surface area contributed by atoms with Gasteiger partial charge >= 0.3 is 0 Å². The van der Waals surface area contributed by atoms with Gasteiger partial charge < -0.3 is 5.73 Å². The molecule has 2 aromatic rings. The zero-order valence-electron chi connectivity index (χ0n) is 8.15. The average molecular weight is 217 g/mol. The molecule has 0 amide bonds. The zero-order chi connectivity index (χ0) is 10.7. The first-order chi connectivity index (χ1) is 7.24. The predicted molar refractivity (Wildman–Crippen MR) is 64.8 cm³/mol. The molecule has 2 heteroatoms. The molecule has 1 nitrogen and oxygen atoms in total. The van der Waals surface area contributed by atoms with Gasteiger partial charge in [0.1, 0.15) is 0 Å². The molecule has 0 aliphatic rings. The quantitative estimate of drug-likeness (QED) is 0.764. The van der Waals surface area contributed by atoms with E-state index in [-0.39, 0.29) is 0 Å². The van der Waals surface area contributed by atoms with Crippen LogP contribution in [0.5, 0.6) is 0 Å². The molecule has 0 heterocycles. The molecule has 0 fully saturated rings. The second kappa shape index (κ2) is 4.37. The van der Waals surface area contributed by atoms with Crippen LogP contribution in [0.25, 0.3) is 0 Å². The van der Waals surface area contributed by atoms with Gasteiger partial charge in [-0.1, -0.05) is 35.9 Å². The van der Waals surface area contributed by atoms with E-state index in [9.17, 15) is 0 Å². The normalized spacial score (nSPS) is 10.2. The molecule has 0 aliphatic heterocycles. The Labute approximate surface area is 94.5 Å². The van der Waals surface area contributed by atoms with Gasteiger partial charge in [0.05, 0.1) is 0 Å². The lowest BCUT2D eigenvalue weighted by Gasteiger charge is -2.02. The molecule has 0 saturated carbocycles. The minimum absolute atomic E-state index is 0.750. The van der Waals surface area contributed by atoms with E-state index in [1.54, 1.807) is 0 Å². The highest BCUT2D eigenvalue weighted by molar-refractivity contribution is 6.30. The minimum atomic E-state index is 0.750. The van der Waals surface area contributed by atoms with Crippen molar-refractivity contribution in [1.82, 2.24) is 0 Å². The molecular formula is C13H11ClN. The summed E-state index contributed by atoms with van der Waals surface area (Å²) in [6.07, 6.45) is 2.06. The molecule has 75 valence electrons. The molecule has 0 aromatic heterocycles. The Bertz CT molecular complexity index is 448. The molecule has 0 atom stereocenters. The van der Waals surface area contributed by atoms with Gasteiger partial charge in [0.25, 0.3) is 0 Å². The smallest absolute Gasteiger partial charge is 0.0406 e. The fourth-order valence-corrected chi connectivity index (χ4v) is 1.53. The van der Waals surface area contributed by atoms with Gasteiger partial charge in [-0.25, -0.2) is 0 Å². The number of anilines is 1. The first kappa shape index (κ1) is 10.1. The number of hydrogen-bond acceptors (Lipinski definition) is 1. The molecule has 2 N–H and O–H groups in total. The number of halogens is 1. The van der Waals surface area contributed by atoms with Gasteiger partial charge in [0.2, 0.25) is 0 Å². The Morgan fingerprint density at radius 3 is 2.33 bits per heavy atom. The van der Waals surface area contributed by atoms with Crippen LogP contribution in [0.4, 0.5) is 5.69 Å². The molecular weight excluding hydrogens is 206 g/mol. The van der Waals surface area contributed by atoms with E-state index in [1.165, 1.54) is 0 Å². The third-order valence-electron chi connectivity index (χ3n) is 2.11. The topological polar surface area (TPSA) is 26.0 Å². The summed E-state index contributed by atoms with van der Waals surface area (Å²) in [7, 11) is 0. The van der Waals surface area contributed by atoms with Crippen LogP contribution >= 0.6 is 11.6 Å². The third kappa shape index (κ3) is 2.74. The number of benzene rings is 2. The first-order valence-corrected chi connectivity index (χ1v) is 5.08. The van der Waals surface area contributed by atoms with Crippen molar-refractivity contribution in [2.75, 3.05) is 5.73 Å². The van der Waals surface area contributed by atoms with Gasteiger partial charge in [-0.2, -0.15) is 0 Å². The highest BCUT2D eigenvalue weighted by Gasteiger charge is 1.97. The lowest BCUT2D eigenvalue weighted by atomic mass is 10.0. The highest BCUT2D eigenvalue weighted by atomic mass is 35.5. The lowest BCUT2D eigenvalue weighted by molar-refractivity contribution is 1.43. The van der Waals surface area contributed by atoms with Crippen LogP contribution in [0.2, 0.25) is 5.02 Å². The molecule has 2 aromatic carbocycles. The maximum atomic E-state index is 5.81. The van der Waals surface area contributed by atoms with Crippen molar-refractivity contribution in [2.24, 2.45) is 0 Å². The average Bonchev–Trinajstić information content (AvgIpc) is 2.22. The number of rotatable bonds is 2. The van der Waals surface area contributed by atoms with Gasteiger partial charge in [0.15, 0.2) is 0 Å². The van der Waals surface area contributed by atoms with Crippen molar-refractivity contribution < 1.29 is 0 Å². The van der Waals surface area contributed by atoms with Crippen molar-refractivity contribution in [3.63, 3.8) is 0 Å². The maximum Gasteiger partial charge on any atom is 0.0406 e. The fraction of sp³-hybridized carbons (Fsp3) is 0. The Hall–Kier alpha value is -1.47. The van der Waals surface area contributed by atoms with Gasteiger partial charge in [-0.3, -0.25) is 0 Å². The Balaban J connectivity index is 2.18. The van der Waals surface area contributed by atoms with E-state index < -0.39 is 0 Å². The fourth-order valence-electron chi connectivity index (χ4n) is 1.40. The molecule has 0 spiro atoms. The number of nitrogen functional groups attached to an aromatic ring is 1. The summed E-state index contributed by atoms with van der Waals surface area (Å²) in [5.41, 5.74) is 8.68. The Kier molecular flexibility index (Phi) is 2.93. The zero-order valence-corrected chi connectivity index (χ0v) is 8.91. The van der Waals surface area contributed by atoms with E-state index in [1.807, 2.05) is 48.5 Å². The monoisotopic (exact) mass is 216 g/mol. The van der Waals surface area contributed by atoms with E-state index >= 15 is 0 Å². The molecule has 15 heavy (non-hydrogen) atoms. The molecule has 0 bridgehead atoms. The van der Waals surface area contributed by atoms with Crippen LogP contribution in [0.1, 0.15) is 11.1 Å². The van der Waals surface area contributed by atoms with Crippen LogP contribution in [0.15, 0.2) is 48.5 Å². The first-order valence-electron chi connectivity index (χ1n) is 4.70. The lowest BCUT2D eigenvalue weighted by Crippen LogP contribution is -1.88. The number of nitrogens with two attached hydrogens (primary N) is 1. The molecule has 0 aliphatic carbocycles. The molecule has 0 unspecified atom stereocenters. The molecule has 0 saturated heterocycles. The van der Waals surface area contributed by atoms with E-state index in [2.05, 4.69) is 6.42 Å². The largest absolute Gasteiger partial charge is 0.399 e. The summed E-state index contributed by atoms with van der Waals surface area (Å²) in [6.45, 7) is 0. The highest BCUT2D eigenvalue weighted by Crippen LogP contribution is 2.16. The summed E-state index contributed by atoms with van der Waals surface area (Å²) in [5, 5.41) is 0.750. The van der Waals surface area contributed by atoms with Crippen molar-refractivity contribution in [3.05, 3.63) is 71.1 Å². The van der Waals surface area contributed by atoms with Crippen LogP contribution in [-0.4, -0.2) is 0 Å². The molecule has 2 rings (SSSR count). The summed E-state index contributed by atoms with van der Waals surface area (Å²) >= 11 is 5.81. The van der Waals surface area contributed by atoms with Crippen LogP contribution in [0.3, 0.4) is 0 Å². The summed E-state index contributed by atoms with van der Waals surface area (Å²) in [6, 6.07) is 15.5. The Morgan fingerprint density at radius 1 is 0.933 bits per heavy atom. The number of hydrogen-bond donors (Lipinski definition) is 1. The van der Waals surface area contributed by atoms with Crippen molar-refractivity contribution in [1.29, 1.82) is 0 Å². The minimum Gasteiger partial charge on any atom is -0.399 e. The summed E-state index contributed by atoms with van der Waals surface area (Å²) in [5.74, 6) is 0. The Morgan fingerprint density at radius 2 is 1.67 bits per heavy atom. The van der Waals surface area contributed by atoms with Gasteiger partial charge in [-0.05, 0) is 35.4 Å². The van der Waals surface area contributed by atoms with Crippen LogP contribution < -0.4 is 5.73 Å². The van der Waals surface area contributed by atoms with Gasteiger partial charge in [-0.15, -0.1) is 0 Å². The van der Waals surface area contributed by atoms with Crippen molar-refractivity contribution in [2.45, 2.75) is 0 Å². The SMILES string of the molecule is Nc1cccc([CH]c2ccc(Cl)cc2)c1.